The van der Waals surface area contributed by atoms with Crippen molar-refractivity contribution in [2.45, 2.75) is 0 Å². The van der Waals surface area contributed by atoms with Gasteiger partial charge in [-0.25, -0.2) is 9.98 Å². The van der Waals surface area contributed by atoms with Crippen LogP contribution in [0.15, 0.2) is 86.7 Å². The third-order valence-electron chi connectivity index (χ3n) is 4.56. The summed E-state index contributed by atoms with van der Waals surface area (Å²) in [7, 11) is 0. The van der Waals surface area contributed by atoms with Crippen LogP contribution in [0.2, 0.25) is 0 Å². The van der Waals surface area contributed by atoms with E-state index in [0.717, 1.165) is 26.5 Å². The van der Waals surface area contributed by atoms with Gasteiger partial charge in [-0.15, -0.1) is 0 Å². The summed E-state index contributed by atoms with van der Waals surface area (Å²) in [6.07, 6.45) is 0. The second kappa shape index (κ2) is 7.04. The van der Waals surface area contributed by atoms with Crippen LogP contribution in [0.4, 0.5) is 5.69 Å². The van der Waals surface area contributed by atoms with Crippen molar-refractivity contribution in [1.29, 1.82) is 5.26 Å². The standard InChI is InChI=1S/C23H13BrN4O/c24-16-8-9-21-15(11-16)12-18(22-27-19-6-1-2-7-20(19)28-22)23(29-21)26-17-5-3-4-14(10-17)13-25/h1-12H,(H,27,28). The number of nitriles is 1. The molecule has 0 aliphatic heterocycles. The number of aromatic nitrogens is 2. The van der Waals surface area contributed by atoms with Gasteiger partial charge in [0.2, 0.25) is 5.55 Å². The zero-order valence-electron chi connectivity index (χ0n) is 15.1. The molecule has 138 valence electrons. The van der Waals surface area contributed by atoms with Gasteiger partial charge in [0.15, 0.2) is 0 Å². The fourth-order valence-electron chi connectivity index (χ4n) is 3.20. The van der Waals surface area contributed by atoms with E-state index in [2.05, 4.69) is 32.0 Å². The molecule has 0 atom stereocenters. The zero-order chi connectivity index (χ0) is 19.8. The van der Waals surface area contributed by atoms with Crippen LogP contribution < -0.4 is 5.55 Å². The Hall–Kier alpha value is -3.69. The Kier molecular flexibility index (Phi) is 4.23. The van der Waals surface area contributed by atoms with Crippen molar-refractivity contribution >= 4 is 43.6 Å². The van der Waals surface area contributed by atoms with Crippen molar-refractivity contribution in [1.82, 2.24) is 9.97 Å². The molecular weight excluding hydrogens is 428 g/mol. The average molecular weight is 441 g/mol. The van der Waals surface area contributed by atoms with E-state index >= 15 is 0 Å². The van der Waals surface area contributed by atoms with Crippen molar-refractivity contribution in [2.24, 2.45) is 4.99 Å². The summed E-state index contributed by atoms with van der Waals surface area (Å²) >= 11 is 3.51. The van der Waals surface area contributed by atoms with Gasteiger partial charge in [0.05, 0.1) is 33.9 Å². The predicted octanol–water partition coefficient (Wildman–Crippen LogP) is 5.84. The van der Waals surface area contributed by atoms with Crippen LogP contribution in [-0.4, -0.2) is 9.97 Å². The Labute approximate surface area is 174 Å². The lowest BCUT2D eigenvalue weighted by atomic mass is 10.1. The second-order valence-electron chi connectivity index (χ2n) is 6.52. The first-order valence-corrected chi connectivity index (χ1v) is 9.72. The Morgan fingerprint density at radius 3 is 2.76 bits per heavy atom. The molecule has 1 N–H and O–H groups in total. The van der Waals surface area contributed by atoms with Crippen LogP contribution in [-0.2, 0) is 0 Å². The van der Waals surface area contributed by atoms with E-state index in [1.807, 2.05) is 54.6 Å². The fourth-order valence-corrected chi connectivity index (χ4v) is 3.58. The smallest absolute Gasteiger partial charge is 0.230 e. The van der Waals surface area contributed by atoms with Crippen LogP contribution in [0.5, 0.6) is 0 Å². The molecule has 0 aliphatic carbocycles. The number of nitrogens with zero attached hydrogens (tertiary/aromatic N) is 3. The van der Waals surface area contributed by atoms with Crippen LogP contribution in [0, 0.1) is 11.3 Å². The fraction of sp³-hybridized carbons (Fsp3) is 0. The Balaban J connectivity index is 1.81. The quantitative estimate of drug-likeness (QED) is 0.374. The normalized spacial score (nSPS) is 11.8. The largest absolute Gasteiger partial charge is 0.438 e. The van der Waals surface area contributed by atoms with E-state index in [4.69, 9.17) is 9.40 Å². The highest BCUT2D eigenvalue weighted by Crippen LogP contribution is 2.25. The SMILES string of the molecule is N#Cc1cccc(N=c2oc3ccc(Br)cc3cc2-c2nc3ccccc3[nH]2)c1. The van der Waals surface area contributed by atoms with Gasteiger partial charge in [-0.1, -0.05) is 34.1 Å². The Morgan fingerprint density at radius 2 is 1.90 bits per heavy atom. The molecule has 29 heavy (non-hydrogen) atoms. The van der Waals surface area contributed by atoms with Crippen LogP contribution in [0.3, 0.4) is 0 Å². The van der Waals surface area contributed by atoms with Crippen molar-refractivity contribution in [3.63, 3.8) is 0 Å². The molecule has 0 saturated carbocycles. The molecule has 0 bridgehead atoms. The van der Waals surface area contributed by atoms with E-state index in [-0.39, 0.29) is 0 Å². The van der Waals surface area contributed by atoms with E-state index in [9.17, 15) is 5.26 Å². The summed E-state index contributed by atoms with van der Waals surface area (Å²) in [6.45, 7) is 0. The van der Waals surface area contributed by atoms with Crippen molar-refractivity contribution in [3.8, 4) is 17.5 Å². The summed E-state index contributed by atoms with van der Waals surface area (Å²) < 4.78 is 7.11. The lowest BCUT2D eigenvalue weighted by Gasteiger charge is -2.04. The molecule has 0 spiro atoms. The lowest BCUT2D eigenvalue weighted by molar-refractivity contribution is 0.547. The van der Waals surface area contributed by atoms with Gasteiger partial charge in [0.25, 0.3) is 0 Å². The first kappa shape index (κ1) is 17.4. The summed E-state index contributed by atoms with van der Waals surface area (Å²) in [5.41, 5.74) is 4.87. The van der Waals surface area contributed by atoms with E-state index in [0.29, 0.717) is 28.2 Å². The molecule has 2 aromatic heterocycles. The maximum Gasteiger partial charge on any atom is 0.230 e. The number of nitrogens with one attached hydrogen (secondary N) is 1. The molecule has 0 fully saturated rings. The minimum absolute atomic E-state index is 0.425. The van der Waals surface area contributed by atoms with E-state index < -0.39 is 0 Å². The summed E-state index contributed by atoms with van der Waals surface area (Å²) in [4.78, 5) is 12.7. The third-order valence-corrected chi connectivity index (χ3v) is 5.05. The molecule has 0 saturated heterocycles. The second-order valence-corrected chi connectivity index (χ2v) is 7.44. The number of hydrogen-bond donors (Lipinski definition) is 1. The monoisotopic (exact) mass is 440 g/mol. The number of aromatic amines is 1. The number of benzene rings is 3. The zero-order valence-corrected chi connectivity index (χ0v) is 16.6. The molecule has 5 nitrogen and oxygen atoms in total. The van der Waals surface area contributed by atoms with Crippen LogP contribution in [0.25, 0.3) is 33.4 Å². The van der Waals surface area contributed by atoms with Gasteiger partial charge in [0, 0.05) is 9.86 Å². The molecule has 5 aromatic rings. The van der Waals surface area contributed by atoms with Crippen LogP contribution >= 0.6 is 15.9 Å². The number of halogens is 1. The molecule has 0 radical (unpaired) electrons. The van der Waals surface area contributed by atoms with Crippen LogP contribution in [0.1, 0.15) is 5.56 Å². The molecule has 0 unspecified atom stereocenters. The van der Waals surface area contributed by atoms with Crippen molar-refractivity contribution < 1.29 is 4.42 Å². The highest BCUT2D eigenvalue weighted by Gasteiger charge is 2.12. The molecular formula is C23H13BrN4O. The first-order chi connectivity index (χ1) is 14.2. The van der Waals surface area contributed by atoms with Gasteiger partial charge in [0.1, 0.15) is 11.4 Å². The summed E-state index contributed by atoms with van der Waals surface area (Å²) in [6, 6.07) is 24.9. The lowest BCUT2D eigenvalue weighted by Crippen LogP contribution is -2.06. The topological polar surface area (TPSA) is 78.0 Å². The highest BCUT2D eigenvalue weighted by atomic mass is 79.9. The first-order valence-electron chi connectivity index (χ1n) is 8.93. The van der Waals surface area contributed by atoms with Gasteiger partial charge in [-0.2, -0.15) is 5.26 Å². The van der Waals surface area contributed by atoms with Gasteiger partial charge in [-0.3, -0.25) is 0 Å². The number of hydrogen-bond acceptors (Lipinski definition) is 4. The summed E-state index contributed by atoms with van der Waals surface area (Å²) in [5.74, 6) is 0.673. The van der Waals surface area contributed by atoms with Gasteiger partial charge >= 0.3 is 0 Å². The van der Waals surface area contributed by atoms with Crippen molar-refractivity contribution in [3.05, 3.63) is 88.4 Å². The van der Waals surface area contributed by atoms with E-state index in [1.165, 1.54) is 0 Å². The highest BCUT2D eigenvalue weighted by molar-refractivity contribution is 9.10. The molecule has 5 rings (SSSR count). The van der Waals surface area contributed by atoms with Crippen molar-refractivity contribution in [2.75, 3.05) is 0 Å². The average Bonchev–Trinajstić information content (AvgIpc) is 3.17. The third kappa shape index (κ3) is 3.33. The minimum atomic E-state index is 0.425. The molecule has 2 heterocycles. The number of para-hydroxylation sites is 2. The number of H-pyrrole nitrogens is 1. The maximum atomic E-state index is 9.17. The number of fused-ring (bicyclic) bond motifs is 2. The molecule has 6 heteroatoms. The molecule has 3 aromatic carbocycles. The molecule has 0 amide bonds. The maximum absolute atomic E-state index is 9.17. The number of rotatable bonds is 2. The summed E-state index contributed by atoms with van der Waals surface area (Å²) in [5, 5.41) is 10.1. The van der Waals surface area contributed by atoms with Gasteiger partial charge in [-0.05, 0) is 54.6 Å². The predicted molar refractivity (Wildman–Crippen MR) is 115 cm³/mol. The van der Waals surface area contributed by atoms with E-state index in [1.54, 1.807) is 18.2 Å². The molecule has 0 aliphatic rings. The minimum Gasteiger partial charge on any atom is -0.438 e. The van der Waals surface area contributed by atoms with Gasteiger partial charge < -0.3 is 9.40 Å². The Morgan fingerprint density at radius 1 is 1.00 bits per heavy atom. The Bertz CT molecular complexity index is 1460. The number of imidazole rings is 1.